The topological polar surface area (TPSA) is 107 Å². The van der Waals surface area contributed by atoms with E-state index in [1.807, 2.05) is 0 Å². The minimum atomic E-state index is -3.83. The summed E-state index contributed by atoms with van der Waals surface area (Å²) in [6.45, 7) is 1.60. The number of ether oxygens (including phenoxy) is 1. The second-order valence-corrected chi connectivity index (χ2v) is 8.85. The fourth-order valence-electron chi connectivity index (χ4n) is 1.75. The fraction of sp³-hybridized carbons (Fsp3) is 0.462. The summed E-state index contributed by atoms with van der Waals surface area (Å²) >= 11 is 0. The van der Waals surface area contributed by atoms with Crippen molar-refractivity contribution >= 4 is 25.8 Å². The van der Waals surface area contributed by atoms with Crippen LogP contribution < -0.4 is 4.72 Å². The molecule has 0 saturated heterocycles. The molecule has 0 atom stereocenters. The fourth-order valence-corrected chi connectivity index (χ4v) is 3.76. The zero-order valence-electron chi connectivity index (χ0n) is 12.6. The molecule has 1 N–H and O–H groups in total. The van der Waals surface area contributed by atoms with E-state index in [4.69, 9.17) is 0 Å². The second kappa shape index (κ2) is 7.21. The van der Waals surface area contributed by atoms with Crippen LogP contribution in [-0.4, -0.2) is 48.5 Å². The number of sulfonamides is 1. The van der Waals surface area contributed by atoms with Crippen LogP contribution in [0.4, 0.5) is 0 Å². The smallest absolute Gasteiger partial charge is 0.337 e. The van der Waals surface area contributed by atoms with Crippen molar-refractivity contribution < 1.29 is 26.4 Å². The molecule has 0 amide bonds. The average molecular weight is 349 g/mol. The summed E-state index contributed by atoms with van der Waals surface area (Å²) in [4.78, 5) is 11.4. The lowest BCUT2D eigenvalue weighted by atomic mass is 10.1. The Bertz CT molecular complexity index is 753. The third-order valence-corrected chi connectivity index (χ3v) is 5.52. The van der Waals surface area contributed by atoms with Crippen molar-refractivity contribution in [3.63, 3.8) is 0 Å². The summed E-state index contributed by atoms with van der Waals surface area (Å²) < 4.78 is 53.4. The Morgan fingerprint density at radius 3 is 2.41 bits per heavy atom. The van der Waals surface area contributed by atoms with Crippen molar-refractivity contribution in [1.29, 1.82) is 0 Å². The molecule has 22 heavy (non-hydrogen) atoms. The maximum absolute atomic E-state index is 12.2. The highest BCUT2D eigenvalue weighted by Gasteiger charge is 2.19. The molecule has 0 aliphatic heterocycles. The third-order valence-electron chi connectivity index (χ3n) is 2.88. The first-order valence-electron chi connectivity index (χ1n) is 6.43. The van der Waals surface area contributed by atoms with Gasteiger partial charge in [-0.1, -0.05) is 6.07 Å². The van der Waals surface area contributed by atoms with Crippen molar-refractivity contribution in [2.45, 2.75) is 18.2 Å². The molecule has 0 aliphatic rings. The van der Waals surface area contributed by atoms with Gasteiger partial charge in [0.15, 0.2) is 0 Å². The molecule has 1 aromatic rings. The van der Waals surface area contributed by atoms with Crippen LogP contribution in [0.25, 0.3) is 0 Å². The third kappa shape index (κ3) is 5.39. The number of hydrogen-bond acceptors (Lipinski definition) is 6. The summed E-state index contributed by atoms with van der Waals surface area (Å²) in [5.41, 5.74) is 0.605. The molecule has 0 spiro atoms. The monoisotopic (exact) mass is 349 g/mol. The molecule has 124 valence electrons. The van der Waals surface area contributed by atoms with Crippen LogP contribution in [0.15, 0.2) is 23.1 Å². The van der Waals surface area contributed by atoms with Crippen LogP contribution >= 0.6 is 0 Å². The van der Waals surface area contributed by atoms with Gasteiger partial charge in [-0.25, -0.2) is 26.4 Å². The number of carbonyl (C=O) groups is 1. The van der Waals surface area contributed by atoms with E-state index >= 15 is 0 Å². The van der Waals surface area contributed by atoms with Gasteiger partial charge < -0.3 is 4.74 Å². The number of nitrogens with one attached hydrogen (secondary N) is 1. The summed E-state index contributed by atoms with van der Waals surface area (Å²) in [7, 11) is -5.75. The largest absolute Gasteiger partial charge is 0.465 e. The quantitative estimate of drug-likeness (QED) is 0.567. The van der Waals surface area contributed by atoms with Gasteiger partial charge in [0, 0.05) is 12.8 Å². The highest BCUT2D eigenvalue weighted by Crippen LogP contribution is 2.17. The van der Waals surface area contributed by atoms with Crippen LogP contribution in [0.1, 0.15) is 22.3 Å². The molecule has 7 nitrogen and oxygen atoms in total. The molecule has 0 bridgehead atoms. The highest BCUT2D eigenvalue weighted by atomic mass is 32.2. The maximum Gasteiger partial charge on any atom is 0.337 e. The van der Waals surface area contributed by atoms with E-state index in [-0.39, 0.29) is 29.2 Å². The maximum atomic E-state index is 12.2. The SMILES string of the molecule is COC(=O)c1ccc(C)c(S(=O)(=O)NCCCS(C)(=O)=O)c1. The molecule has 0 aromatic heterocycles. The van der Waals surface area contributed by atoms with Crippen LogP contribution in [0, 0.1) is 6.92 Å². The first-order valence-corrected chi connectivity index (χ1v) is 9.97. The number of benzene rings is 1. The van der Waals surface area contributed by atoms with E-state index in [1.54, 1.807) is 6.92 Å². The molecular formula is C13H19NO6S2. The zero-order chi connectivity index (χ0) is 17.0. The Labute approximate surface area is 130 Å². The molecule has 0 radical (unpaired) electrons. The van der Waals surface area contributed by atoms with Crippen molar-refractivity contribution in [2.24, 2.45) is 0 Å². The van der Waals surface area contributed by atoms with Gasteiger partial charge >= 0.3 is 5.97 Å². The summed E-state index contributed by atoms with van der Waals surface area (Å²) in [5, 5.41) is 0. The van der Waals surface area contributed by atoms with Crippen molar-refractivity contribution in [1.82, 2.24) is 4.72 Å². The zero-order valence-corrected chi connectivity index (χ0v) is 14.3. The summed E-state index contributed by atoms with van der Waals surface area (Å²) in [6.07, 6.45) is 1.26. The number of carbonyl (C=O) groups excluding carboxylic acids is 1. The van der Waals surface area contributed by atoms with Gasteiger partial charge in [-0.3, -0.25) is 0 Å². The number of hydrogen-bond donors (Lipinski definition) is 1. The molecule has 1 aromatic carbocycles. The molecule has 0 saturated carbocycles. The van der Waals surface area contributed by atoms with Gasteiger partial charge in [-0.05, 0) is 31.0 Å². The first kappa shape index (κ1) is 18.6. The van der Waals surface area contributed by atoms with Gasteiger partial charge in [0.2, 0.25) is 10.0 Å². The second-order valence-electron chi connectivity index (χ2n) is 4.85. The minimum Gasteiger partial charge on any atom is -0.465 e. The Balaban J connectivity index is 2.90. The lowest BCUT2D eigenvalue weighted by Crippen LogP contribution is -2.27. The van der Waals surface area contributed by atoms with Gasteiger partial charge in [-0.15, -0.1) is 0 Å². The van der Waals surface area contributed by atoms with E-state index in [0.717, 1.165) is 6.26 Å². The number of aryl methyl sites for hydroxylation is 1. The predicted octanol–water partition coefficient (Wildman–Crippen LogP) is 0.495. The van der Waals surface area contributed by atoms with Crippen LogP contribution in [0.3, 0.4) is 0 Å². The number of esters is 1. The minimum absolute atomic E-state index is 0.00268. The molecule has 0 fully saturated rings. The van der Waals surface area contributed by atoms with Gasteiger partial charge in [-0.2, -0.15) is 0 Å². The van der Waals surface area contributed by atoms with E-state index in [2.05, 4.69) is 9.46 Å². The lowest BCUT2D eigenvalue weighted by molar-refractivity contribution is 0.0600. The van der Waals surface area contributed by atoms with E-state index in [1.165, 1.54) is 25.3 Å². The number of rotatable bonds is 7. The van der Waals surface area contributed by atoms with Gasteiger partial charge in [0.1, 0.15) is 9.84 Å². The Morgan fingerprint density at radius 2 is 1.86 bits per heavy atom. The first-order chi connectivity index (χ1) is 10.1. The Kier molecular flexibility index (Phi) is 6.09. The standard InChI is InChI=1S/C13H19NO6S2/c1-10-5-6-11(13(15)20-2)9-12(10)22(18,19)14-7-4-8-21(3,16)17/h5-6,9,14H,4,7-8H2,1-3H3. The van der Waals surface area contributed by atoms with Crippen molar-refractivity contribution in [3.8, 4) is 0 Å². The van der Waals surface area contributed by atoms with Crippen LogP contribution in [0.5, 0.6) is 0 Å². The van der Waals surface area contributed by atoms with Crippen LogP contribution in [-0.2, 0) is 24.6 Å². The number of methoxy groups -OCH3 is 1. The molecule has 0 heterocycles. The lowest BCUT2D eigenvalue weighted by Gasteiger charge is -2.10. The normalized spacial score (nSPS) is 12.1. The van der Waals surface area contributed by atoms with E-state index in [9.17, 15) is 21.6 Å². The molecule has 9 heteroatoms. The number of sulfone groups is 1. The predicted molar refractivity (Wildman–Crippen MR) is 82.0 cm³/mol. The van der Waals surface area contributed by atoms with E-state index in [0.29, 0.717) is 5.56 Å². The molecule has 0 aliphatic carbocycles. The summed E-state index contributed by atoms with van der Waals surface area (Å²) in [5.74, 6) is -0.731. The Morgan fingerprint density at radius 1 is 1.23 bits per heavy atom. The molecule has 0 unspecified atom stereocenters. The van der Waals surface area contributed by atoms with Gasteiger partial charge in [0.05, 0.1) is 23.3 Å². The van der Waals surface area contributed by atoms with Crippen LogP contribution in [0.2, 0.25) is 0 Å². The van der Waals surface area contributed by atoms with Crippen molar-refractivity contribution in [2.75, 3.05) is 25.7 Å². The summed E-state index contributed by atoms with van der Waals surface area (Å²) in [6, 6.07) is 4.22. The molecular weight excluding hydrogens is 330 g/mol. The molecule has 1 rings (SSSR count). The van der Waals surface area contributed by atoms with E-state index < -0.39 is 25.8 Å². The Hall–Kier alpha value is -1.45. The highest BCUT2D eigenvalue weighted by molar-refractivity contribution is 7.90. The van der Waals surface area contributed by atoms with Crippen molar-refractivity contribution in [3.05, 3.63) is 29.3 Å². The average Bonchev–Trinajstić information content (AvgIpc) is 2.42. The van der Waals surface area contributed by atoms with Gasteiger partial charge in [0.25, 0.3) is 0 Å².